The number of esters is 1. The minimum atomic E-state index is -0.873. The number of likely N-dealkylation sites (tertiary alicyclic amines) is 1. The lowest BCUT2D eigenvalue weighted by Crippen LogP contribution is -2.35. The molecule has 0 spiro atoms. The lowest BCUT2D eigenvalue weighted by Gasteiger charge is -2.21. The van der Waals surface area contributed by atoms with Crippen molar-refractivity contribution in [1.82, 2.24) is 4.90 Å². The molecule has 0 aromatic heterocycles. The first-order valence-electron chi connectivity index (χ1n) is 5.80. The van der Waals surface area contributed by atoms with Gasteiger partial charge in [0.15, 0.2) is 0 Å². The molecule has 1 fully saturated rings. The molecular weight excluding hydrogens is 210 g/mol. The highest BCUT2D eigenvalue weighted by Gasteiger charge is 2.28. The van der Waals surface area contributed by atoms with E-state index in [1.807, 2.05) is 6.92 Å². The normalized spacial score (nSPS) is 19.8. The van der Waals surface area contributed by atoms with Crippen LogP contribution < -0.4 is 0 Å². The Labute approximate surface area is 95.4 Å². The number of amides is 1. The van der Waals surface area contributed by atoms with Gasteiger partial charge < -0.3 is 14.7 Å². The number of carbonyl (C=O) groups excluding carboxylic acids is 1. The fourth-order valence-electron chi connectivity index (χ4n) is 1.97. The molecule has 1 heterocycles. The molecule has 0 aromatic rings. The summed E-state index contributed by atoms with van der Waals surface area (Å²) in [6, 6.07) is 0.0203. The average Bonchev–Trinajstić information content (AvgIpc) is 2.66. The number of hydrogen-bond acceptors (Lipinski definition) is 3. The van der Waals surface area contributed by atoms with E-state index in [0.717, 1.165) is 19.3 Å². The third-order valence-electron chi connectivity index (χ3n) is 2.79. The molecule has 1 aliphatic rings. The van der Waals surface area contributed by atoms with Crippen LogP contribution in [0.2, 0.25) is 0 Å². The highest BCUT2D eigenvalue weighted by molar-refractivity contribution is 5.69. The molecule has 0 bridgehead atoms. The summed E-state index contributed by atoms with van der Waals surface area (Å²) < 4.78 is 5.01. The predicted octanol–water partition coefficient (Wildman–Crippen LogP) is 1.86. The summed E-state index contributed by atoms with van der Waals surface area (Å²) in [6.45, 7) is 2.85. The first kappa shape index (κ1) is 12.8. The fraction of sp³-hybridized carbons (Fsp3) is 0.818. The summed E-state index contributed by atoms with van der Waals surface area (Å²) in [5, 5.41) is 8.89. The average molecular weight is 229 g/mol. The van der Waals surface area contributed by atoms with Gasteiger partial charge in [-0.3, -0.25) is 4.79 Å². The van der Waals surface area contributed by atoms with Crippen molar-refractivity contribution in [3.63, 3.8) is 0 Å². The van der Waals surface area contributed by atoms with Crippen molar-refractivity contribution in [3.8, 4) is 0 Å². The van der Waals surface area contributed by atoms with Crippen molar-refractivity contribution in [2.45, 2.75) is 45.1 Å². The molecule has 92 valence electrons. The zero-order valence-corrected chi connectivity index (χ0v) is 9.65. The Balaban J connectivity index is 2.22. The van der Waals surface area contributed by atoms with Crippen LogP contribution in [-0.4, -0.2) is 41.3 Å². The van der Waals surface area contributed by atoms with Crippen molar-refractivity contribution >= 4 is 12.1 Å². The van der Waals surface area contributed by atoms with Crippen LogP contribution in [0.15, 0.2) is 0 Å². The minimum Gasteiger partial charge on any atom is -0.466 e. The molecule has 0 aromatic carbocycles. The number of nitrogens with zero attached hydrogens (tertiary/aromatic N) is 1. The molecule has 0 saturated carbocycles. The monoisotopic (exact) mass is 229 g/mol. The molecule has 5 nitrogen and oxygen atoms in total. The summed E-state index contributed by atoms with van der Waals surface area (Å²) >= 11 is 0. The van der Waals surface area contributed by atoms with Gasteiger partial charge in [-0.2, -0.15) is 0 Å². The number of carbonyl (C=O) groups is 2. The fourth-order valence-corrected chi connectivity index (χ4v) is 1.97. The molecule has 0 aliphatic carbocycles. The van der Waals surface area contributed by atoms with Gasteiger partial charge in [0.2, 0.25) is 0 Å². The van der Waals surface area contributed by atoms with Crippen molar-refractivity contribution in [2.75, 3.05) is 13.2 Å². The van der Waals surface area contributed by atoms with Gasteiger partial charge in [-0.25, -0.2) is 4.79 Å². The quantitative estimate of drug-likeness (QED) is 0.731. The lowest BCUT2D eigenvalue weighted by atomic mass is 10.1. The maximum Gasteiger partial charge on any atom is 0.407 e. The van der Waals surface area contributed by atoms with E-state index in [1.54, 1.807) is 0 Å². The van der Waals surface area contributed by atoms with Crippen LogP contribution in [0, 0.1) is 0 Å². The van der Waals surface area contributed by atoms with Crippen molar-refractivity contribution in [1.29, 1.82) is 0 Å². The van der Waals surface area contributed by atoms with E-state index in [0.29, 0.717) is 26.0 Å². The van der Waals surface area contributed by atoms with E-state index in [-0.39, 0.29) is 12.0 Å². The van der Waals surface area contributed by atoms with Crippen LogP contribution >= 0.6 is 0 Å². The standard InChI is InChI=1S/C11H19NO4/c1-2-4-10(13)16-8-6-9-5-3-7-12(9)11(14)15/h9H,2-8H2,1H3,(H,14,15)/t9-/m0/s1. The van der Waals surface area contributed by atoms with E-state index >= 15 is 0 Å². The summed E-state index contributed by atoms with van der Waals surface area (Å²) in [5.41, 5.74) is 0. The summed E-state index contributed by atoms with van der Waals surface area (Å²) in [4.78, 5) is 23.3. The Bertz CT molecular complexity index is 254. The second-order valence-electron chi connectivity index (χ2n) is 4.03. The summed E-state index contributed by atoms with van der Waals surface area (Å²) in [5.74, 6) is -0.192. The molecule has 1 atom stereocenters. The van der Waals surface area contributed by atoms with Gasteiger partial charge in [0.1, 0.15) is 0 Å². The summed E-state index contributed by atoms with van der Waals surface area (Å²) in [6.07, 6.45) is 2.73. The molecule has 0 radical (unpaired) electrons. The van der Waals surface area contributed by atoms with E-state index in [4.69, 9.17) is 9.84 Å². The van der Waals surface area contributed by atoms with Crippen molar-refractivity contribution in [3.05, 3.63) is 0 Å². The Morgan fingerprint density at radius 3 is 2.88 bits per heavy atom. The van der Waals surface area contributed by atoms with Gasteiger partial charge in [-0.1, -0.05) is 6.92 Å². The predicted molar refractivity (Wildman–Crippen MR) is 58.2 cm³/mol. The second-order valence-corrected chi connectivity index (χ2v) is 4.03. The Morgan fingerprint density at radius 1 is 1.50 bits per heavy atom. The van der Waals surface area contributed by atoms with E-state index in [9.17, 15) is 9.59 Å². The van der Waals surface area contributed by atoms with Crippen LogP contribution in [0.25, 0.3) is 0 Å². The number of carboxylic acid groups (broad SMARTS) is 1. The van der Waals surface area contributed by atoms with E-state index < -0.39 is 6.09 Å². The molecule has 1 amide bonds. The molecule has 1 rings (SSSR count). The van der Waals surface area contributed by atoms with Crippen molar-refractivity contribution < 1.29 is 19.4 Å². The Morgan fingerprint density at radius 2 is 2.25 bits per heavy atom. The Kier molecular flexibility index (Phi) is 5.08. The first-order chi connectivity index (χ1) is 7.65. The van der Waals surface area contributed by atoms with Gasteiger partial charge in [0.05, 0.1) is 6.61 Å². The number of rotatable bonds is 5. The summed E-state index contributed by atoms with van der Waals surface area (Å²) in [7, 11) is 0. The zero-order valence-electron chi connectivity index (χ0n) is 9.65. The number of ether oxygens (including phenoxy) is 1. The topological polar surface area (TPSA) is 66.8 Å². The van der Waals surface area contributed by atoms with Gasteiger partial charge in [0, 0.05) is 25.4 Å². The van der Waals surface area contributed by atoms with E-state index in [1.165, 1.54) is 4.90 Å². The van der Waals surface area contributed by atoms with Gasteiger partial charge >= 0.3 is 12.1 Å². The molecule has 0 unspecified atom stereocenters. The first-order valence-corrected chi connectivity index (χ1v) is 5.80. The third kappa shape index (κ3) is 3.72. The number of hydrogen-bond donors (Lipinski definition) is 1. The molecule has 1 N–H and O–H groups in total. The molecular formula is C11H19NO4. The second kappa shape index (κ2) is 6.35. The van der Waals surface area contributed by atoms with Crippen LogP contribution in [0.3, 0.4) is 0 Å². The van der Waals surface area contributed by atoms with Crippen LogP contribution in [0.1, 0.15) is 39.0 Å². The minimum absolute atomic E-state index is 0.0203. The largest absolute Gasteiger partial charge is 0.466 e. The maximum absolute atomic E-state index is 11.1. The van der Waals surface area contributed by atoms with E-state index in [2.05, 4.69) is 0 Å². The lowest BCUT2D eigenvalue weighted by molar-refractivity contribution is -0.144. The van der Waals surface area contributed by atoms with Gasteiger partial charge in [-0.15, -0.1) is 0 Å². The van der Waals surface area contributed by atoms with Crippen molar-refractivity contribution in [2.24, 2.45) is 0 Å². The molecule has 16 heavy (non-hydrogen) atoms. The SMILES string of the molecule is CCCC(=O)OCC[C@@H]1CCCN1C(=O)O. The third-order valence-corrected chi connectivity index (χ3v) is 2.79. The zero-order chi connectivity index (χ0) is 12.0. The van der Waals surface area contributed by atoms with Crippen LogP contribution in [-0.2, 0) is 9.53 Å². The van der Waals surface area contributed by atoms with Gasteiger partial charge in [0.25, 0.3) is 0 Å². The highest BCUT2D eigenvalue weighted by Crippen LogP contribution is 2.19. The van der Waals surface area contributed by atoms with Crippen LogP contribution in [0.5, 0.6) is 0 Å². The molecule has 5 heteroatoms. The highest BCUT2D eigenvalue weighted by atomic mass is 16.5. The van der Waals surface area contributed by atoms with Gasteiger partial charge in [-0.05, 0) is 19.3 Å². The smallest absolute Gasteiger partial charge is 0.407 e. The van der Waals surface area contributed by atoms with Crippen LogP contribution in [0.4, 0.5) is 4.79 Å². The Hall–Kier alpha value is -1.26. The molecule has 1 saturated heterocycles. The maximum atomic E-state index is 11.1. The molecule has 1 aliphatic heterocycles.